The first-order valence-electron chi connectivity index (χ1n) is 9.19. The molecule has 4 nitrogen and oxygen atoms in total. The highest BCUT2D eigenvalue weighted by atomic mass is 35.5. The minimum atomic E-state index is 0.219. The molecule has 0 radical (unpaired) electrons. The van der Waals surface area contributed by atoms with E-state index < -0.39 is 0 Å². The molecule has 1 fully saturated rings. The Morgan fingerprint density at radius 1 is 1.15 bits per heavy atom. The summed E-state index contributed by atoms with van der Waals surface area (Å²) in [6, 6.07) is 14.7. The van der Waals surface area contributed by atoms with Gasteiger partial charge in [0.2, 0.25) is 0 Å². The molecule has 0 aliphatic carbocycles. The summed E-state index contributed by atoms with van der Waals surface area (Å²) in [6.07, 6.45) is 2.20. The molecule has 0 spiro atoms. The fraction of sp³-hybridized carbons (Fsp3) is 0.381. The fourth-order valence-electron chi connectivity index (χ4n) is 3.84. The second-order valence-electron chi connectivity index (χ2n) is 7.18. The van der Waals surface area contributed by atoms with Crippen LogP contribution in [0.15, 0.2) is 42.5 Å². The second kappa shape index (κ2) is 7.39. The zero-order valence-corrected chi connectivity index (χ0v) is 15.8. The highest BCUT2D eigenvalue weighted by Gasteiger charge is 2.25. The van der Waals surface area contributed by atoms with E-state index in [0.29, 0.717) is 0 Å². The van der Waals surface area contributed by atoms with Crippen molar-refractivity contribution in [1.29, 1.82) is 0 Å². The molecule has 0 bridgehead atoms. The van der Waals surface area contributed by atoms with Crippen LogP contribution in [0.2, 0.25) is 5.02 Å². The molecule has 1 atom stereocenters. The van der Waals surface area contributed by atoms with Crippen molar-refractivity contribution in [3.05, 3.63) is 64.4 Å². The van der Waals surface area contributed by atoms with Crippen LogP contribution in [0.4, 0.5) is 0 Å². The second-order valence-corrected chi connectivity index (χ2v) is 7.62. The van der Waals surface area contributed by atoms with Crippen molar-refractivity contribution in [2.75, 3.05) is 13.2 Å². The van der Waals surface area contributed by atoms with Crippen LogP contribution < -0.4 is 0 Å². The van der Waals surface area contributed by atoms with Crippen molar-refractivity contribution in [1.82, 2.24) is 14.5 Å². The van der Waals surface area contributed by atoms with Gasteiger partial charge in [-0.1, -0.05) is 29.8 Å². The van der Waals surface area contributed by atoms with Gasteiger partial charge in [0.25, 0.3) is 0 Å². The standard InChI is InChI=1S/C21H24ClN3O/c1-15-4-9-19-20(11-15)25(12-16-5-7-17(22)8-6-16)21(23-19)13-24-10-2-3-18(24)14-26/h4-9,11,18,26H,2-3,10,12-14H2,1H3/t18-/m0/s1. The average molecular weight is 370 g/mol. The molecule has 1 aromatic heterocycles. The molecule has 1 aliphatic rings. The Bertz CT molecular complexity index is 904. The number of fused-ring (bicyclic) bond motifs is 1. The average Bonchev–Trinajstić information content (AvgIpc) is 3.22. The highest BCUT2D eigenvalue weighted by molar-refractivity contribution is 6.30. The fourth-order valence-corrected chi connectivity index (χ4v) is 3.97. The number of benzene rings is 2. The minimum Gasteiger partial charge on any atom is -0.395 e. The smallest absolute Gasteiger partial charge is 0.124 e. The quantitative estimate of drug-likeness (QED) is 0.739. The molecule has 0 saturated carbocycles. The summed E-state index contributed by atoms with van der Waals surface area (Å²) in [5.74, 6) is 1.06. The van der Waals surface area contributed by atoms with E-state index in [2.05, 4.69) is 46.7 Å². The maximum absolute atomic E-state index is 9.64. The molecule has 1 aliphatic heterocycles. The predicted molar refractivity (Wildman–Crippen MR) is 106 cm³/mol. The lowest BCUT2D eigenvalue weighted by atomic mass is 10.2. The third-order valence-electron chi connectivity index (χ3n) is 5.29. The normalized spacial score (nSPS) is 18.0. The van der Waals surface area contributed by atoms with E-state index in [-0.39, 0.29) is 12.6 Å². The van der Waals surface area contributed by atoms with Crippen molar-refractivity contribution in [2.24, 2.45) is 0 Å². The van der Waals surface area contributed by atoms with Crippen LogP contribution in [-0.2, 0) is 13.1 Å². The molecule has 4 rings (SSSR count). The van der Waals surface area contributed by atoms with Gasteiger partial charge in [0.05, 0.1) is 24.2 Å². The number of aliphatic hydroxyl groups excluding tert-OH is 1. The van der Waals surface area contributed by atoms with Gasteiger partial charge in [0, 0.05) is 17.6 Å². The number of hydrogen-bond acceptors (Lipinski definition) is 3. The summed E-state index contributed by atoms with van der Waals surface area (Å²) in [4.78, 5) is 7.27. The van der Waals surface area contributed by atoms with Crippen molar-refractivity contribution in [3.63, 3.8) is 0 Å². The number of halogens is 1. The van der Waals surface area contributed by atoms with Crippen LogP contribution in [0, 0.1) is 6.92 Å². The van der Waals surface area contributed by atoms with Crippen molar-refractivity contribution in [2.45, 2.75) is 38.9 Å². The van der Waals surface area contributed by atoms with E-state index in [1.165, 1.54) is 11.1 Å². The summed E-state index contributed by atoms with van der Waals surface area (Å²) >= 11 is 6.04. The Balaban J connectivity index is 1.72. The molecular formula is C21H24ClN3O. The molecule has 0 unspecified atom stereocenters. The van der Waals surface area contributed by atoms with E-state index in [0.717, 1.165) is 54.4 Å². The first-order chi connectivity index (χ1) is 12.6. The zero-order chi connectivity index (χ0) is 18.1. The summed E-state index contributed by atoms with van der Waals surface area (Å²) in [5.41, 5.74) is 4.63. The Kier molecular flexibility index (Phi) is 4.98. The summed E-state index contributed by atoms with van der Waals surface area (Å²) in [7, 11) is 0. The lowest BCUT2D eigenvalue weighted by Gasteiger charge is -2.22. The van der Waals surface area contributed by atoms with Crippen LogP contribution in [0.5, 0.6) is 0 Å². The predicted octanol–water partition coefficient (Wildman–Crippen LogP) is 4.00. The van der Waals surface area contributed by atoms with Gasteiger partial charge in [-0.2, -0.15) is 0 Å². The van der Waals surface area contributed by atoms with E-state index >= 15 is 0 Å². The zero-order valence-electron chi connectivity index (χ0n) is 15.0. The Labute approximate surface area is 159 Å². The van der Waals surface area contributed by atoms with Crippen LogP contribution in [-0.4, -0.2) is 38.8 Å². The number of likely N-dealkylation sites (tertiary alicyclic amines) is 1. The number of nitrogens with zero attached hydrogens (tertiary/aromatic N) is 3. The number of hydrogen-bond donors (Lipinski definition) is 1. The van der Waals surface area contributed by atoms with Gasteiger partial charge in [-0.3, -0.25) is 4.90 Å². The first-order valence-corrected chi connectivity index (χ1v) is 9.57. The lowest BCUT2D eigenvalue weighted by molar-refractivity contribution is 0.150. The maximum Gasteiger partial charge on any atom is 0.124 e. The van der Waals surface area contributed by atoms with Crippen LogP contribution in [0.1, 0.15) is 29.8 Å². The molecule has 1 N–H and O–H groups in total. The molecule has 3 aromatic rings. The Hall–Kier alpha value is -1.88. The van der Waals surface area contributed by atoms with Gasteiger partial charge in [-0.15, -0.1) is 0 Å². The van der Waals surface area contributed by atoms with Crippen molar-refractivity contribution < 1.29 is 5.11 Å². The highest BCUT2D eigenvalue weighted by Crippen LogP contribution is 2.24. The molecule has 0 amide bonds. The van der Waals surface area contributed by atoms with Gasteiger partial charge in [0.15, 0.2) is 0 Å². The number of aliphatic hydroxyl groups is 1. The van der Waals surface area contributed by atoms with Gasteiger partial charge >= 0.3 is 0 Å². The topological polar surface area (TPSA) is 41.3 Å². The number of aryl methyl sites for hydroxylation is 1. The van der Waals surface area contributed by atoms with Crippen molar-refractivity contribution >= 4 is 22.6 Å². The molecule has 1 saturated heterocycles. The van der Waals surface area contributed by atoms with Gasteiger partial charge in [-0.05, 0) is 61.7 Å². The summed E-state index contributed by atoms with van der Waals surface area (Å²) < 4.78 is 2.30. The number of aromatic nitrogens is 2. The third-order valence-corrected chi connectivity index (χ3v) is 5.54. The van der Waals surface area contributed by atoms with Crippen LogP contribution in [0.25, 0.3) is 11.0 Å². The number of rotatable bonds is 5. The Morgan fingerprint density at radius 2 is 1.96 bits per heavy atom. The molecule has 136 valence electrons. The van der Waals surface area contributed by atoms with E-state index in [9.17, 15) is 5.11 Å². The SMILES string of the molecule is Cc1ccc2nc(CN3CCC[C@H]3CO)n(Cc3ccc(Cl)cc3)c2c1. The summed E-state index contributed by atoms with van der Waals surface area (Å²) in [5, 5.41) is 10.4. The van der Waals surface area contributed by atoms with Crippen LogP contribution in [0.3, 0.4) is 0 Å². The van der Waals surface area contributed by atoms with Gasteiger partial charge in [-0.25, -0.2) is 4.98 Å². The molecule has 2 heterocycles. The molecule has 5 heteroatoms. The molecule has 26 heavy (non-hydrogen) atoms. The van der Waals surface area contributed by atoms with E-state index in [1.54, 1.807) is 0 Å². The summed E-state index contributed by atoms with van der Waals surface area (Å²) in [6.45, 7) is 4.89. The van der Waals surface area contributed by atoms with E-state index in [1.807, 2.05) is 12.1 Å². The van der Waals surface area contributed by atoms with E-state index in [4.69, 9.17) is 16.6 Å². The third kappa shape index (κ3) is 3.50. The monoisotopic (exact) mass is 369 g/mol. The molecule has 2 aromatic carbocycles. The van der Waals surface area contributed by atoms with Gasteiger partial charge < -0.3 is 9.67 Å². The first kappa shape index (κ1) is 17.5. The minimum absolute atomic E-state index is 0.219. The van der Waals surface area contributed by atoms with Crippen LogP contribution >= 0.6 is 11.6 Å². The lowest BCUT2D eigenvalue weighted by Crippen LogP contribution is -2.32. The van der Waals surface area contributed by atoms with Crippen molar-refractivity contribution in [3.8, 4) is 0 Å². The Morgan fingerprint density at radius 3 is 2.73 bits per heavy atom. The maximum atomic E-state index is 9.64. The molecular weight excluding hydrogens is 346 g/mol. The van der Waals surface area contributed by atoms with Gasteiger partial charge in [0.1, 0.15) is 5.82 Å². The number of imidazole rings is 1. The largest absolute Gasteiger partial charge is 0.395 e.